The molecule has 0 radical (unpaired) electrons. The zero-order valence-corrected chi connectivity index (χ0v) is 9.26. The number of rotatable bonds is 6. The summed E-state index contributed by atoms with van der Waals surface area (Å²) >= 11 is 0. The van der Waals surface area contributed by atoms with Crippen LogP contribution in [0.4, 0.5) is 0 Å². The van der Waals surface area contributed by atoms with Crippen molar-refractivity contribution in [2.24, 2.45) is 0 Å². The molecule has 1 atom stereocenters. The molecule has 0 spiro atoms. The predicted molar refractivity (Wildman–Crippen MR) is 61.2 cm³/mol. The van der Waals surface area contributed by atoms with Crippen molar-refractivity contribution in [2.45, 2.75) is 58.0 Å². The minimum Gasteiger partial charge on any atom is -0.392 e. The van der Waals surface area contributed by atoms with E-state index < -0.39 is 0 Å². The van der Waals surface area contributed by atoms with E-state index in [1.165, 1.54) is 36.8 Å². The molecule has 0 bridgehead atoms. The molecule has 1 N–H and O–H groups in total. The highest BCUT2D eigenvalue weighted by Crippen LogP contribution is 2.27. The van der Waals surface area contributed by atoms with Crippen LogP contribution in [0.3, 0.4) is 0 Å². The van der Waals surface area contributed by atoms with Crippen molar-refractivity contribution in [1.82, 2.24) is 0 Å². The Balaban J connectivity index is 2.16. The fourth-order valence-electron chi connectivity index (χ4n) is 1.91. The van der Waals surface area contributed by atoms with Gasteiger partial charge in [0.1, 0.15) is 0 Å². The average molecular weight is 194 g/mol. The van der Waals surface area contributed by atoms with Crippen LogP contribution in [0, 0.1) is 0 Å². The summed E-state index contributed by atoms with van der Waals surface area (Å²) in [7, 11) is 0. The van der Waals surface area contributed by atoms with E-state index in [-0.39, 0.29) is 6.10 Å². The fourth-order valence-corrected chi connectivity index (χ4v) is 1.91. The van der Waals surface area contributed by atoms with Crippen molar-refractivity contribution in [2.75, 3.05) is 0 Å². The summed E-state index contributed by atoms with van der Waals surface area (Å²) < 4.78 is 0. The summed E-state index contributed by atoms with van der Waals surface area (Å²) in [6.45, 7) is 6.32. The van der Waals surface area contributed by atoms with Gasteiger partial charge in [-0.05, 0) is 31.3 Å². The van der Waals surface area contributed by atoms with Crippen LogP contribution in [0.25, 0.3) is 0 Å². The van der Waals surface area contributed by atoms with Crippen molar-refractivity contribution >= 4 is 0 Å². The maximum atomic E-state index is 9.36. The normalized spacial score (nSPS) is 21.0. The lowest BCUT2D eigenvalue weighted by atomic mass is 10.0. The summed E-state index contributed by atoms with van der Waals surface area (Å²) in [4.78, 5) is 0. The van der Waals surface area contributed by atoms with E-state index >= 15 is 0 Å². The largest absolute Gasteiger partial charge is 0.392 e. The van der Waals surface area contributed by atoms with Gasteiger partial charge in [-0.3, -0.25) is 0 Å². The van der Waals surface area contributed by atoms with E-state index in [1.54, 1.807) is 0 Å². The van der Waals surface area contributed by atoms with Gasteiger partial charge in [0.15, 0.2) is 0 Å². The average Bonchev–Trinajstić information content (AvgIpc) is 2.59. The summed E-state index contributed by atoms with van der Waals surface area (Å²) in [6.07, 6.45) is 9.94. The molecule has 1 rings (SSSR count). The molecule has 0 unspecified atom stereocenters. The number of allylic oxidation sites excluding steroid dienone is 1. The van der Waals surface area contributed by atoms with Gasteiger partial charge in [-0.15, -0.1) is 0 Å². The molecule has 0 fully saturated rings. The monoisotopic (exact) mass is 194 g/mol. The van der Waals surface area contributed by atoms with Gasteiger partial charge in [-0.1, -0.05) is 44.4 Å². The quantitative estimate of drug-likeness (QED) is 0.641. The van der Waals surface area contributed by atoms with E-state index in [2.05, 4.69) is 19.6 Å². The Kier molecular flexibility index (Phi) is 4.95. The van der Waals surface area contributed by atoms with E-state index in [1.807, 2.05) is 0 Å². The van der Waals surface area contributed by atoms with Crippen LogP contribution in [-0.4, -0.2) is 11.2 Å². The second-order valence-corrected chi connectivity index (χ2v) is 4.24. The number of aliphatic hydroxyl groups excluding tert-OH is 1. The zero-order chi connectivity index (χ0) is 10.4. The number of hydrogen-bond acceptors (Lipinski definition) is 1. The first-order chi connectivity index (χ1) is 6.74. The molecule has 1 aliphatic rings. The van der Waals surface area contributed by atoms with Gasteiger partial charge >= 0.3 is 0 Å². The lowest BCUT2D eigenvalue weighted by Crippen LogP contribution is -1.99. The zero-order valence-electron chi connectivity index (χ0n) is 9.26. The molecule has 0 aromatic heterocycles. The van der Waals surface area contributed by atoms with Crippen molar-refractivity contribution in [1.29, 1.82) is 0 Å². The SMILES string of the molecule is C=C(CCCCCC)C1=CC[C@@H](O)C1. The standard InChI is InChI=1S/C13H22O/c1-3-4-5-6-7-11(2)12-8-9-13(14)10-12/h8,13-14H,2-7,9-10H2,1H3/t13-/m1/s1. The van der Waals surface area contributed by atoms with Crippen molar-refractivity contribution < 1.29 is 5.11 Å². The fraction of sp³-hybridized carbons (Fsp3) is 0.692. The molecule has 14 heavy (non-hydrogen) atoms. The first-order valence-electron chi connectivity index (χ1n) is 5.79. The second kappa shape index (κ2) is 6.02. The molecule has 80 valence electrons. The highest BCUT2D eigenvalue weighted by atomic mass is 16.3. The van der Waals surface area contributed by atoms with Crippen LogP contribution in [0.2, 0.25) is 0 Å². The van der Waals surface area contributed by atoms with Crippen LogP contribution in [0.1, 0.15) is 51.9 Å². The molecule has 1 aliphatic carbocycles. The highest BCUT2D eigenvalue weighted by Gasteiger charge is 2.15. The lowest BCUT2D eigenvalue weighted by Gasteiger charge is -2.07. The van der Waals surface area contributed by atoms with Crippen LogP contribution < -0.4 is 0 Å². The second-order valence-electron chi connectivity index (χ2n) is 4.24. The van der Waals surface area contributed by atoms with Crippen molar-refractivity contribution in [3.05, 3.63) is 23.8 Å². The van der Waals surface area contributed by atoms with Gasteiger partial charge < -0.3 is 5.11 Å². The van der Waals surface area contributed by atoms with Gasteiger partial charge in [0.2, 0.25) is 0 Å². The van der Waals surface area contributed by atoms with Gasteiger partial charge in [0, 0.05) is 0 Å². The molecular formula is C13H22O. The van der Waals surface area contributed by atoms with E-state index in [4.69, 9.17) is 0 Å². The maximum Gasteiger partial charge on any atom is 0.0615 e. The van der Waals surface area contributed by atoms with E-state index in [0.29, 0.717) is 0 Å². The van der Waals surface area contributed by atoms with Gasteiger partial charge in [-0.25, -0.2) is 0 Å². The molecule has 0 aromatic rings. The topological polar surface area (TPSA) is 20.2 Å². The molecular weight excluding hydrogens is 172 g/mol. The Morgan fingerprint density at radius 1 is 1.50 bits per heavy atom. The minimum atomic E-state index is -0.141. The first-order valence-corrected chi connectivity index (χ1v) is 5.79. The Morgan fingerprint density at radius 3 is 2.86 bits per heavy atom. The summed E-state index contributed by atoms with van der Waals surface area (Å²) in [6, 6.07) is 0. The van der Waals surface area contributed by atoms with Crippen molar-refractivity contribution in [3.8, 4) is 0 Å². The van der Waals surface area contributed by atoms with Gasteiger partial charge in [0.25, 0.3) is 0 Å². The number of unbranched alkanes of at least 4 members (excludes halogenated alkanes) is 3. The molecule has 0 saturated carbocycles. The molecule has 0 aromatic carbocycles. The number of aliphatic hydroxyl groups is 1. The van der Waals surface area contributed by atoms with Crippen LogP contribution in [-0.2, 0) is 0 Å². The summed E-state index contributed by atoms with van der Waals surface area (Å²) in [5.74, 6) is 0. The molecule has 0 saturated heterocycles. The molecule has 0 aliphatic heterocycles. The van der Waals surface area contributed by atoms with Crippen LogP contribution in [0.15, 0.2) is 23.8 Å². The van der Waals surface area contributed by atoms with Gasteiger partial charge in [0.05, 0.1) is 6.10 Å². The first kappa shape index (κ1) is 11.5. The summed E-state index contributed by atoms with van der Waals surface area (Å²) in [5.41, 5.74) is 2.55. The third kappa shape index (κ3) is 3.67. The third-order valence-corrected chi connectivity index (χ3v) is 2.88. The third-order valence-electron chi connectivity index (χ3n) is 2.88. The van der Waals surface area contributed by atoms with Gasteiger partial charge in [-0.2, -0.15) is 0 Å². The van der Waals surface area contributed by atoms with Crippen LogP contribution in [0.5, 0.6) is 0 Å². The highest BCUT2D eigenvalue weighted by molar-refractivity contribution is 5.31. The minimum absolute atomic E-state index is 0.141. The van der Waals surface area contributed by atoms with E-state index in [0.717, 1.165) is 19.3 Å². The summed E-state index contributed by atoms with van der Waals surface area (Å²) in [5, 5.41) is 9.36. The van der Waals surface area contributed by atoms with Crippen LogP contribution >= 0.6 is 0 Å². The van der Waals surface area contributed by atoms with Crippen molar-refractivity contribution in [3.63, 3.8) is 0 Å². The predicted octanol–water partition coefficient (Wildman–Crippen LogP) is 3.59. The lowest BCUT2D eigenvalue weighted by molar-refractivity contribution is 0.188. The molecule has 1 heteroatoms. The smallest absolute Gasteiger partial charge is 0.0615 e. The Labute approximate surface area is 87.5 Å². The molecule has 0 heterocycles. The maximum absolute atomic E-state index is 9.36. The Morgan fingerprint density at radius 2 is 2.29 bits per heavy atom. The Hall–Kier alpha value is -0.560. The molecule has 0 amide bonds. The molecule has 1 nitrogen and oxygen atoms in total. The number of hydrogen-bond donors (Lipinski definition) is 1. The Bertz CT molecular complexity index is 215. The van der Waals surface area contributed by atoms with E-state index in [9.17, 15) is 5.11 Å².